The molecule has 19 heavy (non-hydrogen) atoms. The zero-order valence-corrected chi connectivity index (χ0v) is 13.2. The van der Waals surface area contributed by atoms with Crippen LogP contribution in [0, 0.1) is 11.8 Å². The molecule has 1 saturated carbocycles. The largest absolute Gasteiger partial charge is 0.496 e. The Morgan fingerprint density at radius 1 is 1.42 bits per heavy atom. The van der Waals surface area contributed by atoms with Gasteiger partial charge in [-0.05, 0) is 52.4 Å². The number of carbonyl (C=O) groups excluding carboxylic acids is 1. The molecular weight excluding hydrogens is 304 g/mol. The van der Waals surface area contributed by atoms with Crippen LogP contribution in [0.4, 0.5) is 0 Å². The number of ketones is 1. The molecule has 0 saturated heterocycles. The summed E-state index contributed by atoms with van der Waals surface area (Å²) in [5.41, 5.74) is 1.07. The van der Waals surface area contributed by atoms with E-state index in [-0.39, 0.29) is 5.92 Å². The zero-order valence-electron chi connectivity index (χ0n) is 11.6. The SMILES string of the molecule is COc1ccc(CC(=O)C2CCCC(C)C2)cc1Br. The first-order chi connectivity index (χ1) is 9.10. The van der Waals surface area contributed by atoms with Crippen LogP contribution in [0.1, 0.15) is 38.2 Å². The predicted octanol–water partition coefficient (Wildman–Crippen LogP) is 4.40. The number of hydrogen-bond acceptors (Lipinski definition) is 2. The fourth-order valence-electron chi connectivity index (χ4n) is 2.89. The van der Waals surface area contributed by atoms with Crippen LogP contribution in [0.5, 0.6) is 5.75 Å². The van der Waals surface area contributed by atoms with Crippen molar-refractivity contribution in [3.8, 4) is 5.75 Å². The van der Waals surface area contributed by atoms with Gasteiger partial charge in [-0.15, -0.1) is 0 Å². The topological polar surface area (TPSA) is 26.3 Å². The summed E-state index contributed by atoms with van der Waals surface area (Å²) < 4.78 is 6.12. The summed E-state index contributed by atoms with van der Waals surface area (Å²) >= 11 is 3.47. The number of rotatable bonds is 4. The van der Waals surface area contributed by atoms with E-state index in [2.05, 4.69) is 22.9 Å². The third kappa shape index (κ3) is 3.82. The first kappa shape index (κ1) is 14.6. The van der Waals surface area contributed by atoms with Gasteiger partial charge >= 0.3 is 0 Å². The summed E-state index contributed by atoms with van der Waals surface area (Å²) in [7, 11) is 1.65. The Labute approximate surface area is 123 Å². The van der Waals surface area contributed by atoms with E-state index in [1.54, 1.807) is 7.11 Å². The van der Waals surface area contributed by atoms with Gasteiger partial charge in [0.1, 0.15) is 11.5 Å². The number of halogens is 1. The second-order valence-corrected chi connectivity index (χ2v) is 6.44. The van der Waals surface area contributed by atoms with Gasteiger partial charge in [-0.3, -0.25) is 4.79 Å². The van der Waals surface area contributed by atoms with Crippen molar-refractivity contribution >= 4 is 21.7 Å². The van der Waals surface area contributed by atoms with Crippen LogP contribution in [0.25, 0.3) is 0 Å². The molecule has 0 N–H and O–H groups in total. The van der Waals surface area contributed by atoms with Crippen molar-refractivity contribution in [2.24, 2.45) is 11.8 Å². The van der Waals surface area contributed by atoms with Crippen LogP contribution in [0.2, 0.25) is 0 Å². The lowest BCUT2D eigenvalue weighted by molar-refractivity contribution is -0.123. The number of hydrogen-bond donors (Lipinski definition) is 0. The molecule has 2 atom stereocenters. The second-order valence-electron chi connectivity index (χ2n) is 5.58. The number of Topliss-reactive ketones (excluding diaryl/α,β-unsaturated/α-hetero) is 1. The zero-order chi connectivity index (χ0) is 13.8. The Bertz CT molecular complexity index is 456. The Balaban J connectivity index is 2.00. The summed E-state index contributed by atoms with van der Waals surface area (Å²) in [4.78, 5) is 12.3. The minimum atomic E-state index is 0.268. The van der Waals surface area contributed by atoms with E-state index in [4.69, 9.17) is 4.74 Å². The van der Waals surface area contributed by atoms with E-state index in [1.807, 2.05) is 18.2 Å². The molecule has 0 radical (unpaired) electrons. The minimum absolute atomic E-state index is 0.268. The van der Waals surface area contributed by atoms with Gasteiger partial charge in [0.05, 0.1) is 11.6 Å². The van der Waals surface area contributed by atoms with E-state index in [0.29, 0.717) is 18.1 Å². The van der Waals surface area contributed by atoms with Gasteiger partial charge in [0.25, 0.3) is 0 Å². The fraction of sp³-hybridized carbons (Fsp3) is 0.562. The van der Waals surface area contributed by atoms with Gasteiger partial charge in [0.15, 0.2) is 0 Å². The molecule has 2 unspecified atom stereocenters. The quantitative estimate of drug-likeness (QED) is 0.820. The monoisotopic (exact) mass is 324 g/mol. The molecule has 0 amide bonds. The summed E-state index contributed by atoms with van der Waals surface area (Å²) in [5, 5.41) is 0. The maximum Gasteiger partial charge on any atom is 0.140 e. The second kappa shape index (κ2) is 6.56. The highest BCUT2D eigenvalue weighted by Gasteiger charge is 2.24. The maximum atomic E-state index is 12.3. The average molecular weight is 325 g/mol. The molecule has 0 spiro atoms. The van der Waals surface area contributed by atoms with Crippen LogP contribution in [-0.2, 0) is 11.2 Å². The van der Waals surface area contributed by atoms with Crippen molar-refractivity contribution in [2.45, 2.75) is 39.0 Å². The highest BCUT2D eigenvalue weighted by Crippen LogP contribution is 2.31. The number of ether oxygens (including phenoxy) is 1. The van der Waals surface area contributed by atoms with E-state index in [0.717, 1.165) is 28.6 Å². The highest BCUT2D eigenvalue weighted by molar-refractivity contribution is 9.10. The van der Waals surface area contributed by atoms with Crippen LogP contribution >= 0.6 is 15.9 Å². The molecular formula is C16H21BrO2. The predicted molar refractivity (Wildman–Crippen MR) is 80.5 cm³/mol. The third-order valence-electron chi connectivity index (χ3n) is 3.99. The average Bonchev–Trinajstić information content (AvgIpc) is 2.39. The van der Waals surface area contributed by atoms with Crippen LogP contribution in [-0.4, -0.2) is 12.9 Å². The third-order valence-corrected chi connectivity index (χ3v) is 4.61. The van der Waals surface area contributed by atoms with Gasteiger partial charge in [0.2, 0.25) is 0 Å². The Hall–Kier alpha value is -0.830. The summed E-state index contributed by atoms with van der Waals surface area (Å²) in [6, 6.07) is 5.88. The summed E-state index contributed by atoms with van der Waals surface area (Å²) in [6.45, 7) is 2.25. The van der Waals surface area contributed by atoms with E-state index < -0.39 is 0 Å². The van der Waals surface area contributed by atoms with Crippen molar-refractivity contribution in [3.63, 3.8) is 0 Å². The van der Waals surface area contributed by atoms with Crippen LogP contribution in [0.3, 0.4) is 0 Å². The highest BCUT2D eigenvalue weighted by atomic mass is 79.9. The summed E-state index contributed by atoms with van der Waals surface area (Å²) in [5.74, 6) is 2.17. The van der Waals surface area contributed by atoms with E-state index in [1.165, 1.54) is 12.8 Å². The van der Waals surface area contributed by atoms with Gasteiger partial charge in [-0.2, -0.15) is 0 Å². The number of benzene rings is 1. The molecule has 1 fully saturated rings. The summed E-state index contributed by atoms with van der Waals surface area (Å²) in [6.07, 6.45) is 5.15. The maximum absolute atomic E-state index is 12.3. The Morgan fingerprint density at radius 2 is 2.21 bits per heavy atom. The standard InChI is InChI=1S/C16H21BrO2/c1-11-4-3-5-13(8-11)15(18)10-12-6-7-16(19-2)14(17)9-12/h6-7,9,11,13H,3-5,8,10H2,1-2H3. The van der Waals surface area contributed by atoms with E-state index >= 15 is 0 Å². The van der Waals surface area contributed by atoms with Gasteiger partial charge < -0.3 is 4.74 Å². The number of methoxy groups -OCH3 is 1. The van der Waals surface area contributed by atoms with Crippen molar-refractivity contribution < 1.29 is 9.53 Å². The van der Waals surface area contributed by atoms with Crippen LogP contribution < -0.4 is 4.74 Å². The lowest BCUT2D eigenvalue weighted by Gasteiger charge is -2.25. The first-order valence-corrected chi connectivity index (χ1v) is 7.74. The number of carbonyl (C=O) groups is 1. The molecule has 2 nitrogen and oxygen atoms in total. The normalized spacial score (nSPS) is 23.1. The molecule has 104 valence electrons. The lowest BCUT2D eigenvalue weighted by Crippen LogP contribution is -2.23. The molecule has 2 rings (SSSR count). The molecule has 0 heterocycles. The minimum Gasteiger partial charge on any atom is -0.496 e. The van der Waals surface area contributed by atoms with Gasteiger partial charge in [0, 0.05) is 12.3 Å². The smallest absolute Gasteiger partial charge is 0.140 e. The van der Waals surface area contributed by atoms with Gasteiger partial charge in [-0.25, -0.2) is 0 Å². The molecule has 3 heteroatoms. The lowest BCUT2D eigenvalue weighted by atomic mass is 9.79. The molecule has 1 aromatic rings. The molecule has 1 aliphatic carbocycles. The van der Waals surface area contributed by atoms with Crippen molar-refractivity contribution in [3.05, 3.63) is 28.2 Å². The van der Waals surface area contributed by atoms with Crippen molar-refractivity contribution in [1.82, 2.24) is 0 Å². The van der Waals surface area contributed by atoms with Crippen LogP contribution in [0.15, 0.2) is 22.7 Å². The fourth-order valence-corrected chi connectivity index (χ4v) is 3.48. The first-order valence-electron chi connectivity index (χ1n) is 6.95. The molecule has 1 aromatic carbocycles. The Morgan fingerprint density at radius 3 is 2.84 bits per heavy atom. The molecule has 1 aliphatic rings. The van der Waals surface area contributed by atoms with Gasteiger partial charge in [-0.1, -0.05) is 25.8 Å². The van der Waals surface area contributed by atoms with E-state index in [9.17, 15) is 4.79 Å². The Kier molecular flexibility index (Phi) is 5.03. The van der Waals surface area contributed by atoms with Crippen molar-refractivity contribution in [1.29, 1.82) is 0 Å². The molecule has 0 aromatic heterocycles. The molecule has 0 bridgehead atoms. The molecule has 0 aliphatic heterocycles. The van der Waals surface area contributed by atoms with Crippen molar-refractivity contribution in [2.75, 3.05) is 7.11 Å².